The van der Waals surface area contributed by atoms with Crippen molar-refractivity contribution in [2.45, 2.75) is 20.5 Å². The molecule has 2 aromatic heterocycles. The Morgan fingerprint density at radius 1 is 1.18 bits per heavy atom. The quantitative estimate of drug-likeness (QED) is 0.181. The molecule has 0 spiro atoms. The summed E-state index contributed by atoms with van der Waals surface area (Å²) < 4.78 is 5.53. The first-order valence-corrected chi connectivity index (χ1v) is 10.1. The molecule has 34 heavy (non-hydrogen) atoms. The SMILES string of the molecule is C/C(=C\c1ccc(O)cc1O)C(=O)Oc1c(C)ncc(CO)c1/C=N/NC(=O)c1ccncc1. The number of aromatic nitrogens is 2. The molecular formula is C24H22N4O6. The van der Waals surface area contributed by atoms with Crippen LogP contribution in [0.25, 0.3) is 6.08 Å². The third-order valence-corrected chi connectivity index (χ3v) is 4.71. The van der Waals surface area contributed by atoms with Crippen LogP contribution in [-0.4, -0.2) is 43.4 Å². The van der Waals surface area contributed by atoms with Crippen LogP contribution in [0.2, 0.25) is 0 Å². The van der Waals surface area contributed by atoms with Gasteiger partial charge in [0.2, 0.25) is 0 Å². The highest BCUT2D eigenvalue weighted by Crippen LogP contribution is 2.27. The first-order chi connectivity index (χ1) is 16.3. The smallest absolute Gasteiger partial charge is 0.339 e. The number of nitrogens with zero attached hydrogens (tertiary/aromatic N) is 3. The van der Waals surface area contributed by atoms with Gasteiger partial charge in [0.05, 0.1) is 18.5 Å². The minimum absolute atomic E-state index is 0.0566. The fourth-order valence-electron chi connectivity index (χ4n) is 2.88. The molecule has 3 rings (SSSR count). The molecule has 0 saturated carbocycles. The number of aryl methyl sites for hydroxylation is 1. The van der Waals surface area contributed by atoms with Crippen molar-refractivity contribution in [1.82, 2.24) is 15.4 Å². The van der Waals surface area contributed by atoms with Crippen molar-refractivity contribution in [2.75, 3.05) is 0 Å². The molecule has 0 bridgehead atoms. The van der Waals surface area contributed by atoms with Crippen molar-refractivity contribution in [2.24, 2.45) is 5.10 Å². The Bertz CT molecular complexity index is 1270. The molecule has 1 aromatic carbocycles. The molecule has 0 saturated heterocycles. The van der Waals surface area contributed by atoms with E-state index in [0.717, 1.165) is 6.07 Å². The van der Waals surface area contributed by atoms with Crippen molar-refractivity contribution in [1.29, 1.82) is 0 Å². The van der Waals surface area contributed by atoms with Crippen LogP contribution in [0.3, 0.4) is 0 Å². The van der Waals surface area contributed by atoms with Gasteiger partial charge in [0.15, 0.2) is 5.75 Å². The number of phenolic OH excluding ortho intramolecular Hbond substituents is 2. The number of pyridine rings is 2. The Morgan fingerprint density at radius 3 is 2.59 bits per heavy atom. The number of phenols is 2. The molecule has 10 nitrogen and oxygen atoms in total. The molecule has 4 N–H and O–H groups in total. The van der Waals surface area contributed by atoms with Gasteiger partial charge in [-0.2, -0.15) is 5.10 Å². The number of aliphatic hydroxyl groups is 1. The summed E-state index contributed by atoms with van der Waals surface area (Å²) in [4.78, 5) is 32.9. The van der Waals surface area contributed by atoms with Crippen LogP contribution in [0.5, 0.6) is 17.2 Å². The van der Waals surface area contributed by atoms with Gasteiger partial charge in [0.1, 0.15) is 11.5 Å². The number of rotatable bonds is 7. The topological polar surface area (TPSA) is 154 Å². The Hall–Kier alpha value is -4.57. The first-order valence-electron chi connectivity index (χ1n) is 10.1. The predicted molar refractivity (Wildman–Crippen MR) is 123 cm³/mol. The van der Waals surface area contributed by atoms with E-state index in [4.69, 9.17) is 4.74 Å². The van der Waals surface area contributed by atoms with Gasteiger partial charge in [-0.1, -0.05) is 0 Å². The van der Waals surface area contributed by atoms with Crippen LogP contribution in [-0.2, 0) is 11.4 Å². The number of ether oxygens (including phenoxy) is 1. The van der Waals surface area contributed by atoms with Crippen LogP contribution in [0, 0.1) is 6.92 Å². The van der Waals surface area contributed by atoms with E-state index in [1.54, 1.807) is 6.92 Å². The average Bonchev–Trinajstić information content (AvgIpc) is 2.83. The minimum atomic E-state index is -0.733. The number of hydrazone groups is 1. The van der Waals surface area contributed by atoms with Crippen LogP contribution in [0.15, 0.2) is 59.6 Å². The van der Waals surface area contributed by atoms with Crippen LogP contribution < -0.4 is 10.2 Å². The highest BCUT2D eigenvalue weighted by Gasteiger charge is 2.18. The maximum Gasteiger partial charge on any atom is 0.339 e. The highest BCUT2D eigenvalue weighted by atomic mass is 16.5. The molecule has 0 aliphatic rings. The molecule has 0 atom stereocenters. The second kappa shape index (κ2) is 10.8. The average molecular weight is 462 g/mol. The van der Waals surface area contributed by atoms with E-state index in [2.05, 4.69) is 20.5 Å². The highest BCUT2D eigenvalue weighted by molar-refractivity contribution is 5.97. The Labute approximate surface area is 194 Å². The van der Waals surface area contributed by atoms with Crippen molar-refractivity contribution in [3.63, 3.8) is 0 Å². The number of amides is 1. The molecule has 1 amide bonds. The first kappa shape index (κ1) is 24.1. The molecule has 3 aromatic rings. The largest absolute Gasteiger partial charge is 0.508 e. The molecule has 2 heterocycles. The van der Waals surface area contributed by atoms with E-state index in [1.807, 2.05) is 0 Å². The molecule has 0 fully saturated rings. The minimum Gasteiger partial charge on any atom is -0.508 e. The fourth-order valence-corrected chi connectivity index (χ4v) is 2.88. The lowest BCUT2D eigenvalue weighted by Gasteiger charge is -2.13. The number of carbonyl (C=O) groups is 2. The lowest BCUT2D eigenvalue weighted by atomic mass is 10.1. The van der Waals surface area contributed by atoms with Crippen molar-refractivity contribution in [3.05, 3.63) is 82.4 Å². The molecule has 0 radical (unpaired) electrons. The summed E-state index contributed by atoms with van der Waals surface area (Å²) in [5.41, 5.74) is 4.13. The summed E-state index contributed by atoms with van der Waals surface area (Å²) in [6, 6.07) is 7.02. The van der Waals surface area contributed by atoms with Gasteiger partial charge in [0.25, 0.3) is 5.91 Å². The van der Waals surface area contributed by atoms with Crippen LogP contribution in [0.1, 0.15) is 39.7 Å². The van der Waals surface area contributed by atoms with E-state index in [1.165, 1.54) is 62.1 Å². The van der Waals surface area contributed by atoms with E-state index in [0.29, 0.717) is 22.4 Å². The van der Waals surface area contributed by atoms with E-state index >= 15 is 0 Å². The monoisotopic (exact) mass is 462 g/mol. The summed E-state index contributed by atoms with van der Waals surface area (Å²) in [6.45, 7) is 2.70. The van der Waals surface area contributed by atoms with Gasteiger partial charge in [-0.25, -0.2) is 10.2 Å². The lowest BCUT2D eigenvalue weighted by Crippen LogP contribution is -2.18. The Kier molecular flexibility index (Phi) is 7.67. The van der Waals surface area contributed by atoms with Crippen LogP contribution >= 0.6 is 0 Å². The molecule has 0 unspecified atom stereocenters. The molecule has 174 valence electrons. The number of nitrogens with one attached hydrogen (secondary N) is 1. The summed E-state index contributed by atoms with van der Waals surface area (Å²) in [6.07, 6.45) is 7.02. The van der Waals surface area contributed by atoms with Gasteiger partial charge in [-0.05, 0) is 44.2 Å². The molecule has 10 heteroatoms. The maximum atomic E-state index is 12.7. The predicted octanol–water partition coefficient (Wildman–Crippen LogP) is 2.46. The summed E-state index contributed by atoms with van der Waals surface area (Å²) >= 11 is 0. The second-order valence-electron chi connectivity index (χ2n) is 7.16. The zero-order chi connectivity index (χ0) is 24.7. The fraction of sp³-hybridized carbons (Fsp3) is 0.125. The molecule has 0 aliphatic carbocycles. The Morgan fingerprint density at radius 2 is 1.91 bits per heavy atom. The van der Waals surface area contributed by atoms with Gasteiger partial charge >= 0.3 is 5.97 Å². The zero-order valence-electron chi connectivity index (χ0n) is 18.4. The van der Waals surface area contributed by atoms with Gasteiger partial charge in [-0.3, -0.25) is 14.8 Å². The lowest BCUT2D eigenvalue weighted by molar-refractivity contribution is -0.130. The van der Waals surface area contributed by atoms with E-state index in [9.17, 15) is 24.9 Å². The van der Waals surface area contributed by atoms with E-state index in [-0.39, 0.29) is 28.4 Å². The summed E-state index contributed by atoms with van der Waals surface area (Å²) in [7, 11) is 0. The summed E-state index contributed by atoms with van der Waals surface area (Å²) in [5, 5.41) is 33.0. The number of esters is 1. The van der Waals surface area contributed by atoms with Gasteiger partial charge < -0.3 is 20.1 Å². The van der Waals surface area contributed by atoms with Gasteiger partial charge in [-0.15, -0.1) is 0 Å². The molecular weight excluding hydrogens is 440 g/mol. The summed E-state index contributed by atoms with van der Waals surface area (Å²) in [5.74, 6) is -1.47. The van der Waals surface area contributed by atoms with Crippen molar-refractivity contribution in [3.8, 4) is 17.2 Å². The van der Waals surface area contributed by atoms with Crippen molar-refractivity contribution >= 4 is 24.2 Å². The maximum absolute atomic E-state index is 12.7. The normalized spacial score (nSPS) is 11.4. The van der Waals surface area contributed by atoms with Gasteiger partial charge in [0, 0.05) is 52.5 Å². The number of hydrogen-bond acceptors (Lipinski definition) is 9. The number of aliphatic hydroxyl groups excluding tert-OH is 1. The third-order valence-electron chi connectivity index (χ3n) is 4.71. The second-order valence-corrected chi connectivity index (χ2v) is 7.16. The Balaban J connectivity index is 1.85. The third kappa shape index (κ3) is 5.81. The number of aromatic hydroxyl groups is 2. The number of benzene rings is 1. The van der Waals surface area contributed by atoms with E-state index < -0.39 is 18.5 Å². The van der Waals surface area contributed by atoms with Crippen molar-refractivity contribution < 1.29 is 29.6 Å². The standard InChI is InChI=1S/C24H22N4O6/c1-14(9-17-3-4-19(30)10-21(17)31)24(33)34-22-15(2)26-11-18(13-29)20(22)12-27-28-23(32)16-5-7-25-8-6-16/h3-12,29-31H,13H2,1-2H3,(H,28,32)/b14-9+,27-12+. The van der Waals surface area contributed by atoms with Crippen LogP contribution in [0.4, 0.5) is 0 Å². The zero-order valence-corrected chi connectivity index (χ0v) is 18.4. The number of hydrogen-bond donors (Lipinski definition) is 4. The number of carbonyl (C=O) groups excluding carboxylic acids is 2. The molecule has 0 aliphatic heterocycles.